The number of likely N-dealkylation sites (tertiary alicyclic amines) is 1. The van der Waals surface area contributed by atoms with Gasteiger partial charge in [-0.15, -0.1) is 11.3 Å². The van der Waals surface area contributed by atoms with E-state index in [1.54, 1.807) is 43.5 Å². The number of rotatable bonds is 5. The summed E-state index contributed by atoms with van der Waals surface area (Å²) in [5.41, 5.74) is 1.29. The molecule has 0 bridgehead atoms. The van der Waals surface area contributed by atoms with Gasteiger partial charge in [0.25, 0.3) is 11.7 Å². The first-order chi connectivity index (χ1) is 14.5. The Morgan fingerprint density at radius 3 is 2.40 bits per heavy atom. The Morgan fingerprint density at radius 2 is 1.80 bits per heavy atom. The zero-order chi connectivity index (χ0) is 21.3. The summed E-state index contributed by atoms with van der Waals surface area (Å²) in [6.07, 6.45) is 0. The Hall–Kier alpha value is -2.90. The lowest BCUT2D eigenvalue weighted by Gasteiger charge is -2.25. The number of hydrogen-bond donors (Lipinski definition) is 1. The monoisotopic (exact) mass is 483 g/mol. The largest absolute Gasteiger partial charge is 0.507 e. The molecule has 4 rings (SSSR count). The van der Waals surface area contributed by atoms with Crippen molar-refractivity contribution >= 4 is 44.7 Å². The van der Waals surface area contributed by atoms with Crippen molar-refractivity contribution in [3.63, 3.8) is 0 Å². The van der Waals surface area contributed by atoms with E-state index in [4.69, 9.17) is 4.74 Å². The first kappa shape index (κ1) is 20.4. The molecule has 1 N–H and O–H groups in total. The van der Waals surface area contributed by atoms with E-state index in [1.165, 1.54) is 16.2 Å². The van der Waals surface area contributed by atoms with E-state index in [9.17, 15) is 14.7 Å². The zero-order valence-electron chi connectivity index (χ0n) is 16.0. The number of thiophene rings is 1. The molecule has 30 heavy (non-hydrogen) atoms. The van der Waals surface area contributed by atoms with E-state index in [0.29, 0.717) is 11.3 Å². The van der Waals surface area contributed by atoms with Crippen LogP contribution in [0.15, 0.2) is 76.1 Å². The number of aliphatic hydroxyl groups is 1. The fourth-order valence-corrected chi connectivity index (χ4v) is 4.48. The van der Waals surface area contributed by atoms with Gasteiger partial charge in [0.2, 0.25) is 0 Å². The molecular formula is C23H18BrNO4S. The molecule has 2 aromatic carbocycles. The van der Waals surface area contributed by atoms with E-state index in [-0.39, 0.29) is 17.9 Å². The second kappa shape index (κ2) is 8.45. The molecular weight excluding hydrogens is 466 g/mol. The van der Waals surface area contributed by atoms with Crippen molar-refractivity contribution in [1.82, 2.24) is 4.90 Å². The number of aliphatic hydroxyl groups excluding tert-OH is 1. The van der Waals surface area contributed by atoms with Gasteiger partial charge in [-0.25, -0.2) is 0 Å². The number of halogens is 1. The molecule has 3 aromatic rings. The average molecular weight is 484 g/mol. The predicted molar refractivity (Wildman–Crippen MR) is 119 cm³/mol. The van der Waals surface area contributed by atoms with Crippen LogP contribution in [0.4, 0.5) is 0 Å². The molecule has 7 heteroatoms. The SMILES string of the molecule is COc1ccc(C2/C(=C(/O)c3ccc(Br)cc3)C(=O)C(=O)N2Cc2cccs2)cc1. The quantitative estimate of drug-likeness (QED) is 0.310. The molecule has 1 aliphatic heterocycles. The number of carbonyl (C=O) groups is 2. The van der Waals surface area contributed by atoms with Crippen LogP contribution >= 0.6 is 27.3 Å². The maximum atomic E-state index is 13.0. The maximum Gasteiger partial charge on any atom is 0.295 e. The second-order valence-electron chi connectivity index (χ2n) is 6.79. The third-order valence-electron chi connectivity index (χ3n) is 5.00. The predicted octanol–water partition coefficient (Wildman–Crippen LogP) is 5.14. The molecule has 1 atom stereocenters. The number of ether oxygens (including phenoxy) is 1. The molecule has 1 fully saturated rings. The minimum Gasteiger partial charge on any atom is -0.507 e. The molecule has 2 heterocycles. The van der Waals surface area contributed by atoms with Gasteiger partial charge in [-0.1, -0.05) is 46.3 Å². The Labute approximate surface area is 186 Å². The van der Waals surface area contributed by atoms with Crippen molar-refractivity contribution < 1.29 is 19.4 Å². The first-order valence-corrected chi connectivity index (χ1v) is 10.9. The molecule has 0 spiro atoms. The molecule has 1 aromatic heterocycles. The highest BCUT2D eigenvalue weighted by Gasteiger charge is 2.46. The highest BCUT2D eigenvalue weighted by molar-refractivity contribution is 9.10. The average Bonchev–Trinajstić information content (AvgIpc) is 3.36. The number of benzene rings is 2. The standard InChI is InChI=1S/C23H18BrNO4S/c1-29-17-10-6-14(7-11-17)20-19(21(26)15-4-8-16(24)9-5-15)22(27)23(28)25(20)13-18-3-2-12-30-18/h2-12,20,26H,13H2,1H3/b21-19-. The zero-order valence-corrected chi connectivity index (χ0v) is 18.4. The molecule has 1 amide bonds. The van der Waals surface area contributed by atoms with E-state index in [1.807, 2.05) is 29.6 Å². The highest BCUT2D eigenvalue weighted by Crippen LogP contribution is 2.41. The van der Waals surface area contributed by atoms with E-state index >= 15 is 0 Å². The van der Waals surface area contributed by atoms with Gasteiger partial charge >= 0.3 is 0 Å². The van der Waals surface area contributed by atoms with Crippen LogP contribution in [0.3, 0.4) is 0 Å². The van der Waals surface area contributed by atoms with Crippen LogP contribution in [0.25, 0.3) is 5.76 Å². The van der Waals surface area contributed by atoms with Crippen LogP contribution in [0.1, 0.15) is 22.0 Å². The molecule has 1 aliphatic rings. The number of Topliss-reactive ketones (excluding diaryl/α,β-unsaturated/α-hetero) is 1. The summed E-state index contributed by atoms with van der Waals surface area (Å²) in [4.78, 5) is 28.4. The molecule has 152 valence electrons. The topological polar surface area (TPSA) is 66.8 Å². The van der Waals surface area contributed by atoms with Crippen LogP contribution < -0.4 is 4.74 Å². The van der Waals surface area contributed by atoms with Crippen LogP contribution in [-0.4, -0.2) is 28.8 Å². The maximum absolute atomic E-state index is 13.0. The summed E-state index contributed by atoms with van der Waals surface area (Å²) < 4.78 is 6.08. The van der Waals surface area contributed by atoms with Crippen molar-refractivity contribution in [1.29, 1.82) is 0 Å². The Balaban J connectivity index is 1.85. The number of nitrogens with zero attached hydrogens (tertiary/aromatic N) is 1. The molecule has 1 saturated heterocycles. The number of ketones is 1. The minimum absolute atomic E-state index is 0.0871. The lowest BCUT2D eigenvalue weighted by Crippen LogP contribution is -2.28. The van der Waals surface area contributed by atoms with Gasteiger partial charge in [0.1, 0.15) is 11.5 Å². The Kier molecular flexibility index (Phi) is 5.74. The highest BCUT2D eigenvalue weighted by atomic mass is 79.9. The molecule has 5 nitrogen and oxygen atoms in total. The van der Waals surface area contributed by atoms with Gasteiger partial charge in [-0.05, 0) is 41.3 Å². The van der Waals surface area contributed by atoms with Gasteiger partial charge in [0, 0.05) is 14.9 Å². The molecule has 1 unspecified atom stereocenters. The van der Waals surface area contributed by atoms with Gasteiger partial charge in [-0.2, -0.15) is 0 Å². The summed E-state index contributed by atoms with van der Waals surface area (Å²) in [6.45, 7) is 0.288. The summed E-state index contributed by atoms with van der Waals surface area (Å²) >= 11 is 4.88. The van der Waals surface area contributed by atoms with E-state index in [0.717, 1.165) is 14.9 Å². The third-order valence-corrected chi connectivity index (χ3v) is 6.39. The van der Waals surface area contributed by atoms with Crippen molar-refractivity contribution in [2.24, 2.45) is 0 Å². The third kappa shape index (κ3) is 3.78. The Bertz CT molecular complexity index is 1110. The van der Waals surface area contributed by atoms with Crippen LogP contribution in [0.2, 0.25) is 0 Å². The molecule has 0 radical (unpaired) electrons. The molecule has 0 aliphatic carbocycles. The number of methoxy groups -OCH3 is 1. The van der Waals surface area contributed by atoms with E-state index < -0.39 is 17.7 Å². The van der Waals surface area contributed by atoms with Gasteiger partial charge in [0.05, 0.1) is 25.3 Å². The van der Waals surface area contributed by atoms with Crippen molar-refractivity contribution in [3.8, 4) is 5.75 Å². The smallest absolute Gasteiger partial charge is 0.295 e. The van der Waals surface area contributed by atoms with Gasteiger partial charge in [0.15, 0.2) is 0 Å². The van der Waals surface area contributed by atoms with Gasteiger partial charge in [-0.3, -0.25) is 9.59 Å². The number of amides is 1. The van der Waals surface area contributed by atoms with Crippen molar-refractivity contribution in [2.75, 3.05) is 7.11 Å². The fraction of sp³-hybridized carbons (Fsp3) is 0.130. The second-order valence-corrected chi connectivity index (χ2v) is 8.73. The molecule has 0 saturated carbocycles. The normalized spacial score (nSPS) is 18.1. The summed E-state index contributed by atoms with van der Waals surface area (Å²) in [7, 11) is 1.57. The summed E-state index contributed by atoms with van der Waals surface area (Å²) in [6, 6.07) is 17.3. The fourth-order valence-electron chi connectivity index (χ4n) is 3.51. The van der Waals surface area contributed by atoms with Crippen molar-refractivity contribution in [3.05, 3.63) is 92.1 Å². The Morgan fingerprint density at radius 1 is 1.10 bits per heavy atom. The number of carbonyl (C=O) groups excluding carboxylic acids is 2. The first-order valence-electron chi connectivity index (χ1n) is 9.20. The minimum atomic E-state index is -0.693. The van der Waals surface area contributed by atoms with E-state index in [2.05, 4.69) is 15.9 Å². The lowest BCUT2D eigenvalue weighted by molar-refractivity contribution is -0.140. The van der Waals surface area contributed by atoms with Crippen LogP contribution in [0.5, 0.6) is 5.75 Å². The summed E-state index contributed by atoms with van der Waals surface area (Å²) in [5, 5.41) is 12.9. The van der Waals surface area contributed by atoms with Crippen LogP contribution in [0, 0.1) is 0 Å². The summed E-state index contributed by atoms with van der Waals surface area (Å²) in [5.74, 6) is -0.826. The van der Waals surface area contributed by atoms with Crippen molar-refractivity contribution in [2.45, 2.75) is 12.6 Å². The lowest BCUT2D eigenvalue weighted by atomic mass is 9.95. The van der Waals surface area contributed by atoms with Crippen LogP contribution in [-0.2, 0) is 16.1 Å². The van der Waals surface area contributed by atoms with Gasteiger partial charge < -0.3 is 14.7 Å². The number of hydrogen-bond acceptors (Lipinski definition) is 5.